The van der Waals surface area contributed by atoms with Crippen molar-refractivity contribution < 1.29 is 14.3 Å². The molecule has 0 spiro atoms. The number of para-hydroxylation sites is 1. The second-order valence-corrected chi connectivity index (χ2v) is 7.20. The lowest BCUT2D eigenvalue weighted by atomic mass is 10.1. The first-order valence-corrected chi connectivity index (χ1v) is 10.1. The summed E-state index contributed by atoms with van der Waals surface area (Å²) in [6, 6.07) is 18.1. The van der Waals surface area contributed by atoms with Crippen LogP contribution in [0.1, 0.15) is 27.7 Å². The molecule has 0 saturated carbocycles. The first-order valence-electron chi connectivity index (χ1n) is 9.20. The second kappa shape index (κ2) is 9.71. The lowest BCUT2D eigenvalue weighted by molar-refractivity contribution is -0.113. The fraction of sp³-hybridized carbons (Fsp3) is 0.130. The molecular weight excluding hydrogens is 384 g/mol. The van der Waals surface area contributed by atoms with Crippen molar-refractivity contribution in [2.45, 2.75) is 13.3 Å². The number of hydrogen-bond donors (Lipinski definition) is 2. The van der Waals surface area contributed by atoms with Crippen LogP contribution in [0.2, 0.25) is 0 Å². The van der Waals surface area contributed by atoms with Crippen LogP contribution in [0.4, 0.5) is 5.69 Å². The van der Waals surface area contributed by atoms with Crippen LogP contribution in [0, 0.1) is 0 Å². The number of methoxy groups -OCH3 is 1. The molecule has 1 aromatic heterocycles. The molecule has 0 saturated heterocycles. The quantitative estimate of drug-likeness (QED) is 0.558. The Morgan fingerprint density at radius 3 is 2.45 bits per heavy atom. The van der Waals surface area contributed by atoms with Crippen LogP contribution in [0.5, 0.6) is 5.75 Å². The van der Waals surface area contributed by atoms with Gasteiger partial charge >= 0.3 is 0 Å². The zero-order chi connectivity index (χ0) is 20.6. The van der Waals surface area contributed by atoms with Gasteiger partial charge in [0.1, 0.15) is 11.4 Å². The third-order valence-electron chi connectivity index (χ3n) is 4.32. The molecular formula is C23H22N2O3S. The van der Waals surface area contributed by atoms with Crippen molar-refractivity contribution in [3.63, 3.8) is 0 Å². The molecule has 3 aromatic rings. The van der Waals surface area contributed by atoms with Crippen LogP contribution in [-0.2, 0) is 11.2 Å². The maximum absolute atomic E-state index is 13.0. The monoisotopic (exact) mass is 406 g/mol. The number of thiophene rings is 1. The molecule has 29 heavy (non-hydrogen) atoms. The average Bonchev–Trinajstić information content (AvgIpc) is 3.26. The van der Waals surface area contributed by atoms with Crippen molar-refractivity contribution >= 4 is 34.9 Å². The standard InChI is InChI=1S/C23H22N2O3S/c1-3-16-7-4-5-9-20(16)24-23(27)21(15-19-8-6-14-29-19)25-22(26)17-10-12-18(28-2)13-11-17/h4-15H,3H2,1-2H3,(H,24,27)(H,25,26)/b21-15-. The smallest absolute Gasteiger partial charge is 0.272 e. The maximum Gasteiger partial charge on any atom is 0.272 e. The van der Waals surface area contributed by atoms with Gasteiger partial charge in [-0.25, -0.2) is 0 Å². The lowest BCUT2D eigenvalue weighted by Gasteiger charge is -2.13. The largest absolute Gasteiger partial charge is 0.497 e. The average molecular weight is 407 g/mol. The highest BCUT2D eigenvalue weighted by Crippen LogP contribution is 2.18. The van der Waals surface area contributed by atoms with E-state index in [1.165, 1.54) is 11.3 Å². The van der Waals surface area contributed by atoms with Gasteiger partial charge in [-0.1, -0.05) is 31.2 Å². The summed E-state index contributed by atoms with van der Waals surface area (Å²) in [6.45, 7) is 2.03. The van der Waals surface area contributed by atoms with Crippen molar-refractivity contribution in [2.75, 3.05) is 12.4 Å². The summed E-state index contributed by atoms with van der Waals surface area (Å²) in [5.74, 6) is -0.0830. The maximum atomic E-state index is 13.0. The molecule has 0 fully saturated rings. The van der Waals surface area contributed by atoms with Crippen LogP contribution in [0.25, 0.3) is 6.08 Å². The fourth-order valence-electron chi connectivity index (χ4n) is 2.75. The minimum atomic E-state index is -0.374. The van der Waals surface area contributed by atoms with E-state index in [4.69, 9.17) is 4.74 Å². The van der Waals surface area contributed by atoms with Crippen LogP contribution in [0.3, 0.4) is 0 Å². The van der Waals surface area contributed by atoms with Gasteiger partial charge in [0, 0.05) is 16.1 Å². The van der Waals surface area contributed by atoms with Gasteiger partial charge in [0.2, 0.25) is 0 Å². The molecule has 0 aliphatic heterocycles. The first-order chi connectivity index (χ1) is 14.1. The Balaban J connectivity index is 1.84. The van der Waals surface area contributed by atoms with Gasteiger partial charge in [0.25, 0.3) is 11.8 Å². The summed E-state index contributed by atoms with van der Waals surface area (Å²) in [7, 11) is 1.56. The van der Waals surface area contributed by atoms with E-state index in [1.54, 1.807) is 37.5 Å². The number of carbonyl (C=O) groups excluding carboxylic acids is 2. The Morgan fingerprint density at radius 2 is 1.79 bits per heavy atom. The highest BCUT2D eigenvalue weighted by Gasteiger charge is 2.16. The Morgan fingerprint density at radius 1 is 1.03 bits per heavy atom. The van der Waals surface area contributed by atoms with Gasteiger partial charge in [0.15, 0.2) is 0 Å². The molecule has 3 rings (SSSR count). The topological polar surface area (TPSA) is 67.4 Å². The number of amides is 2. The molecule has 6 heteroatoms. The van der Waals surface area contributed by atoms with Gasteiger partial charge in [-0.05, 0) is 59.8 Å². The zero-order valence-corrected chi connectivity index (χ0v) is 17.1. The molecule has 2 N–H and O–H groups in total. The van der Waals surface area contributed by atoms with E-state index < -0.39 is 0 Å². The number of rotatable bonds is 7. The van der Waals surface area contributed by atoms with Gasteiger partial charge in [0.05, 0.1) is 7.11 Å². The number of benzene rings is 2. The predicted octanol–water partition coefficient (Wildman–Crippen LogP) is 4.73. The van der Waals surface area contributed by atoms with E-state index in [0.717, 1.165) is 22.5 Å². The second-order valence-electron chi connectivity index (χ2n) is 6.22. The van der Waals surface area contributed by atoms with Crippen LogP contribution >= 0.6 is 11.3 Å². The van der Waals surface area contributed by atoms with Gasteiger partial charge in [-0.2, -0.15) is 0 Å². The summed E-state index contributed by atoms with van der Waals surface area (Å²) in [5, 5.41) is 7.57. The number of anilines is 1. The molecule has 0 aliphatic rings. The fourth-order valence-corrected chi connectivity index (χ4v) is 3.41. The molecule has 0 bridgehead atoms. The molecule has 2 aromatic carbocycles. The Bertz CT molecular complexity index is 1010. The first kappa shape index (κ1) is 20.4. The number of ether oxygens (including phenoxy) is 1. The van der Waals surface area contributed by atoms with Crippen molar-refractivity contribution in [3.8, 4) is 5.75 Å². The number of carbonyl (C=O) groups is 2. The summed E-state index contributed by atoms with van der Waals surface area (Å²) in [4.78, 5) is 26.5. The molecule has 5 nitrogen and oxygen atoms in total. The molecule has 2 amide bonds. The summed E-state index contributed by atoms with van der Waals surface area (Å²) in [5.41, 5.74) is 2.37. The van der Waals surface area contributed by atoms with E-state index in [0.29, 0.717) is 11.3 Å². The highest BCUT2D eigenvalue weighted by molar-refractivity contribution is 7.10. The zero-order valence-electron chi connectivity index (χ0n) is 16.3. The number of aryl methyl sites for hydroxylation is 1. The van der Waals surface area contributed by atoms with Gasteiger partial charge in [-0.15, -0.1) is 11.3 Å². The van der Waals surface area contributed by atoms with Crippen molar-refractivity contribution in [1.82, 2.24) is 5.32 Å². The van der Waals surface area contributed by atoms with Crippen LogP contribution in [0.15, 0.2) is 71.7 Å². The van der Waals surface area contributed by atoms with Crippen LogP contribution in [-0.4, -0.2) is 18.9 Å². The SMILES string of the molecule is CCc1ccccc1NC(=O)/C(=C/c1cccs1)NC(=O)c1ccc(OC)cc1. The highest BCUT2D eigenvalue weighted by atomic mass is 32.1. The molecule has 148 valence electrons. The van der Waals surface area contributed by atoms with E-state index in [1.807, 2.05) is 48.7 Å². The van der Waals surface area contributed by atoms with Crippen molar-refractivity contribution in [1.29, 1.82) is 0 Å². The van der Waals surface area contributed by atoms with Crippen molar-refractivity contribution in [2.24, 2.45) is 0 Å². The third kappa shape index (κ3) is 5.33. The Hall–Kier alpha value is -3.38. The molecule has 0 radical (unpaired) electrons. The minimum absolute atomic E-state index is 0.180. The Kier molecular flexibility index (Phi) is 6.81. The predicted molar refractivity (Wildman–Crippen MR) is 117 cm³/mol. The minimum Gasteiger partial charge on any atom is -0.497 e. The van der Waals surface area contributed by atoms with Gasteiger partial charge < -0.3 is 15.4 Å². The summed E-state index contributed by atoms with van der Waals surface area (Å²) < 4.78 is 5.12. The number of hydrogen-bond acceptors (Lipinski definition) is 4. The third-order valence-corrected chi connectivity index (χ3v) is 5.14. The normalized spacial score (nSPS) is 11.0. The van der Waals surface area contributed by atoms with Crippen molar-refractivity contribution in [3.05, 3.63) is 87.7 Å². The van der Waals surface area contributed by atoms with Gasteiger partial charge in [-0.3, -0.25) is 9.59 Å². The van der Waals surface area contributed by atoms with E-state index in [9.17, 15) is 9.59 Å². The Labute approximate surface area is 174 Å². The van der Waals surface area contributed by atoms with E-state index in [-0.39, 0.29) is 17.5 Å². The lowest BCUT2D eigenvalue weighted by Crippen LogP contribution is -2.30. The summed E-state index contributed by atoms with van der Waals surface area (Å²) >= 11 is 1.49. The molecule has 0 aliphatic carbocycles. The molecule has 1 heterocycles. The number of nitrogens with one attached hydrogen (secondary N) is 2. The summed E-state index contributed by atoms with van der Waals surface area (Å²) in [6.07, 6.45) is 2.47. The van der Waals surface area contributed by atoms with E-state index in [2.05, 4.69) is 10.6 Å². The molecule has 0 atom stereocenters. The van der Waals surface area contributed by atoms with Crippen LogP contribution < -0.4 is 15.4 Å². The van der Waals surface area contributed by atoms with E-state index >= 15 is 0 Å². The molecule has 0 unspecified atom stereocenters.